The molecule has 1 saturated heterocycles. The standard InChI is InChI=1S/C17H27N3O2/c1-13(2)15-5-7-16(8-6-15)22-14(3)18-17(21)20-11-9-19(4)10-12-20/h5-8,13-14H,9-12H2,1-4H3,(H,18,21). The van der Waals surface area contributed by atoms with Crippen LogP contribution in [0.4, 0.5) is 4.79 Å². The number of carbonyl (C=O) groups is 1. The number of urea groups is 1. The highest BCUT2D eigenvalue weighted by molar-refractivity contribution is 5.74. The van der Waals surface area contributed by atoms with E-state index in [2.05, 4.69) is 43.2 Å². The molecule has 0 aromatic heterocycles. The SMILES string of the molecule is CC(NC(=O)N1CCN(C)CC1)Oc1ccc(C(C)C)cc1. The number of hydrogen-bond acceptors (Lipinski definition) is 3. The molecule has 1 atom stereocenters. The predicted molar refractivity (Wildman–Crippen MR) is 88.2 cm³/mol. The molecule has 1 fully saturated rings. The first-order valence-corrected chi connectivity index (χ1v) is 7.96. The number of ether oxygens (including phenoxy) is 1. The van der Waals surface area contributed by atoms with Crippen LogP contribution < -0.4 is 10.1 Å². The summed E-state index contributed by atoms with van der Waals surface area (Å²) in [5.41, 5.74) is 1.28. The average Bonchev–Trinajstić information content (AvgIpc) is 2.48. The lowest BCUT2D eigenvalue weighted by Crippen LogP contribution is -2.53. The van der Waals surface area contributed by atoms with Crippen molar-refractivity contribution in [2.24, 2.45) is 0 Å². The van der Waals surface area contributed by atoms with Crippen LogP contribution in [0.1, 0.15) is 32.3 Å². The summed E-state index contributed by atoms with van der Waals surface area (Å²) in [7, 11) is 2.07. The maximum Gasteiger partial charge on any atom is 0.320 e. The molecule has 2 rings (SSSR count). The Morgan fingerprint density at radius 2 is 1.68 bits per heavy atom. The fraction of sp³-hybridized carbons (Fsp3) is 0.588. The molecule has 5 nitrogen and oxygen atoms in total. The molecule has 0 saturated carbocycles. The first-order valence-electron chi connectivity index (χ1n) is 7.96. The predicted octanol–water partition coefficient (Wildman–Crippen LogP) is 2.49. The normalized spacial score (nSPS) is 17.4. The summed E-state index contributed by atoms with van der Waals surface area (Å²) < 4.78 is 5.76. The van der Waals surface area contributed by atoms with Crippen LogP contribution in [-0.4, -0.2) is 55.3 Å². The van der Waals surface area contributed by atoms with Crippen molar-refractivity contribution in [3.8, 4) is 5.75 Å². The molecule has 1 aromatic rings. The van der Waals surface area contributed by atoms with Gasteiger partial charge in [0.05, 0.1) is 0 Å². The molecule has 5 heteroatoms. The third-order valence-corrected chi connectivity index (χ3v) is 3.98. The molecule has 1 N–H and O–H groups in total. The van der Waals surface area contributed by atoms with E-state index in [1.165, 1.54) is 5.56 Å². The van der Waals surface area contributed by atoms with Crippen LogP contribution in [0.5, 0.6) is 5.75 Å². The van der Waals surface area contributed by atoms with Gasteiger partial charge in [-0.3, -0.25) is 0 Å². The number of nitrogens with one attached hydrogen (secondary N) is 1. The summed E-state index contributed by atoms with van der Waals surface area (Å²) in [5, 5.41) is 2.90. The molecule has 1 unspecified atom stereocenters. The highest BCUT2D eigenvalue weighted by atomic mass is 16.5. The van der Waals surface area contributed by atoms with Crippen molar-refractivity contribution in [1.82, 2.24) is 15.1 Å². The molecular formula is C17H27N3O2. The van der Waals surface area contributed by atoms with Crippen LogP contribution in [0, 0.1) is 0 Å². The zero-order valence-electron chi connectivity index (χ0n) is 14.0. The first-order chi connectivity index (χ1) is 10.5. The lowest BCUT2D eigenvalue weighted by atomic mass is 10.0. The largest absolute Gasteiger partial charge is 0.471 e. The number of nitrogens with zero attached hydrogens (tertiary/aromatic N) is 2. The van der Waals surface area contributed by atoms with E-state index in [9.17, 15) is 4.79 Å². The number of hydrogen-bond donors (Lipinski definition) is 1. The smallest absolute Gasteiger partial charge is 0.320 e. The van der Waals surface area contributed by atoms with Crippen LogP contribution in [0.3, 0.4) is 0 Å². The van der Waals surface area contributed by atoms with Gasteiger partial charge < -0.3 is 19.9 Å². The topological polar surface area (TPSA) is 44.8 Å². The van der Waals surface area contributed by atoms with Gasteiger partial charge >= 0.3 is 6.03 Å². The minimum Gasteiger partial charge on any atom is -0.471 e. The second kappa shape index (κ2) is 7.49. The van der Waals surface area contributed by atoms with E-state index in [-0.39, 0.29) is 12.3 Å². The summed E-state index contributed by atoms with van der Waals surface area (Å²) in [4.78, 5) is 16.2. The van der Waals surface area contributed by atoms with Crippen LogP contribution >= 0.6 is 0 Å². The number of amides is 2. The number of benzene rings is 1. The van der Waals surface area contributed by atoms with Gasteiger partial charge in [0.2, 0.25) is 0 Å². The van der Waals surface area contributed by atoms with Crippen molar-refractivity contribution in [3.05, 3.63) is 29.8 Å². The number of likely N-dealkylation sites (N-methyl/N-ethyl adjacent to an activating group) is 1. The summed E-state index contributed by atoms with van der Waals surface area (Å²) in [6.45, 7) is 9.53. The summed E-state index contributed by atoms with van der Waals surface area (Å²) in [5.74, 6) is 1.28. The minimum atomic E-state index is -0.350. The van der Waals surface area contributed by atoms with E-state index in [0.717, 1.165) is 31.9 Å². The van der Waals surface area contributed by atoms with Gasteiger partial charge in [-0.1, -0.05) is 26.0 Å². The second-order valence-corrected chi connectivity index (χ2v) is 6.22. The van der Waals surface area contributed by atoms with E-state index >= 15 is 0 Å². The van der Waals surface area contributed by atoms with Gasteiger partial charge in [-0.05, 0) is 37.6 Å². The van der Waals surface area contributed by atoms with Gasteiger partial charge in [-0.25, -0.2) is 4.79 Å². The van der Waals surface area contributed by atoms with E-state index in [0.29, 0.717) is 5.92 Å². The van der Waals surface area contributed by atoms with Crippen molar-refractivity contribution in [2.75, 3.05) is 33.2 Å². The molecule has 0 radical (unpaired) electrons. The van der Waals surface area contributed by atoms with Gasteiger partial charge in [-0.15, -0.1) is 0 Å². The van der Waals surface area contributed by atoms with Crippen molar-refractivity contribution in [3.63, 3.8) is 0 Å². The van der Waals surface area contributed by atoms with Crippen molar-refractivity contribution < 1.29 is 9.53 Å². The summed E-state index contributed by atoms with van der Waals surface area (Å²) in [6.07, 6.45) is -0.350. The third-order valence-electron chi connectivity index (χ3n) is 3.98. The van der Waals surface area contributed by atoms with Gasteiger partial charge in [0.1, 0.15) is 5.75 Å². The zero-order chi connectivity index (χ0) is 16.1. The third kappa shape index (κ3) is 4.63. The summed E-state index contributed by atoms with van der Waals surface area (Å²) in [6, 6.07) is 7.98. The van der Waals surface area contributed by atoms with E-state index in [4.69, 9.17) is 4.74 Å². The number of piperazine rings is 1. The Labute approximate surface area is 133 Å². The maximum absolute atomic E-state index is 12.2. The Balaban J connectivity index is 1.81. The van der Waals surface area contributed by atoms with Gasteiger partial charge in [-0.2, -0.15) is 0 Å². The Hall–Kier alpha value is -1.75. The Kier molecular flexibility index (Phi) is 5.66. The van der Waals surface area contributed by atoms with Crippen LogP contribution in [0.15, 0.2) is 24.3 Å². The fourth-order valence-electron chi connectivity index (χ4n) is 2.44. The average molecular weight is 305 g/mol. The lowest BCUT2D eigenvalue weighted by Gasteiger charge is -2.33. The monoisotopic (exact) mass is 305 g/mol. The molecule has 0 aliphatic carbocycles. The van der Waals surface area contributed by atoms with Gasteiger partial charge in [0.25, 0.3) is 0 Å². The van der Waals surface area contributed by atoms with Crippen LogP contribution in [0.2, 0.25) is 0 Å². The van der Waals surface area contributed by atoms with Crippen molar-refractivity contribution >= 4 is 6.03 Å². The highest BCUT2D eigenvalue weighted by Gasteiger charge is 2.20. The van der Waals surface area contributed by atoms with E-state index in [1.54, 1.807) is 0 Å². The zero-order valence-corrected chi connectivity index (χ0v) is 14.0. The molecule has 1 aliphatic rings. The Morgan fingerprint density at radius 3 is 2.23 bits per heavy atom. The molecule has 2 amide bonds. The quantitative estimate of drug-likeness (QED) is 0.869. The number of carbonyl (C=O) groups excluding carboxylic acids is 1. The Bertz CT molecular complexity index is 479. The van der Waals surface area contributed by atoms with Crippen LogP contribution in [0.25, 0.3) is 0 Å². The van der Waals surface area contributed by atoms with E-state index in [1.807, 2.05) is 24.0 Å². The Morgan fingerprint density at radius 1 is 1.09 bits per heavy atom. The molecule has 1 heterocycles. The molecule has 122 valence electrons. The van der Waals surface area contributed by atoms with E-state index < -0.39 is 0 Å². The highest BCUT2D eigenvalue weighted by Crippen LogP contribution is 2.19. The second-order valence-electron chi connectivity index (χ2n) is 6.22. The molecule has 1 aromatic carbocycles. The van der Waals surface area contributed by atoms with Crippen LogP contribution in [-0.2, 0) is 0 Å². The lowest BCUT2D eigenvalue weighted by molar-refractivity contribution is 0.130. The molecule has 22 heavy (non-hydrogen) atoms. The maximum atomic E-state index is 12.2. The van der Waals surface area contributed by atoms with Crippen molar-refractivity contribution in [1.29, 1.82) is 0 Å². The van der Waals surface area contributed by atoms with Gasteiger partial charge in [0.15, 0.2) is 6.23 Å². The molecular weight excluding hydrogens is 278 g/mol. The fourth-order valence-corrected chi connectivity index (χ4v) is 2.44. The minimum absolute atomic E-state index is 0.0561. The number of rotatable bonds is 4. The molecule has 0 bridgehead atoms. The van der Waals surface area contributed by atoms with Crippen molar-refractivity contribution in [2.45, 2.75) is 32.9 Å². The first kappa shape index (κ1) is 16.6. The summed E-state index contributed by atoms with van der Waals surface area (Å²) >= 11 is 0. The molecule has 0 spiro atoms. The van der Waals surface area contributed by atoms with Gasteiger partial charge in [0, 0.05) is 26.2 Å². The molecule has 1 aliphatic heterocycles.